The molecule has 4 rings (SSSR count). The number of benzene rings is 4. The lowest BCUT2D eigenvalue weighted by Gasteiger charge is -2.08. The number of halogens is 2. The number of nitrogens with one attached hydrogen (secondary N) is 1. The first-order valence-corrected chi connectivity index (χ1v) is 12.0. The molecule has 0 spiro atoms. The van der Waals surface area contributed by atoms with Crippen LogP contribution in [0.15, 0.2) is 96.1 Å². The fourth-order valence-electron chi connectivity index (χ4n) is 3.29. The Hall–Kier alpha value is -4.13. The SMILES string of the molecule is Cc1cccc(C(=O)Oc2ccc(/C=N\NC(=O)c3ccc(OCc4ccc(Cl)cc4Cl)cc3)cc2)c1. The number of ether oxygens (including phenoxy) is 2. The third-order valence-corrected chi connectivity index (χ3v) is 5.84. The summed E-state index contributed by atoms with van der Waals surface area (Å²) in [6, 6.07) is 25.8. The molecule has 0 aromatic heterocycles. The molecule has 37 heavy (non-hydrogen) atoms. The molecule has 0 heterocycles. The molecule has 0 bridgehead atoms. The zero-order valence-electron chi connectivity index (χ0n) is 19.8. The molecule has 1 amide bonds. The minimum absolute atomic E-state index is 0.274. The molecule has 0 saturated carbocycles. The smallest absolute Gasteiger partial charge is 0.343 e. The Morgan fingerprint density at radius 3 is 2.30 bits per heavy atom. The van der Waals surface area contributed by atoms with Crippen molar-refractivity contribution < 1.29 is 19.1 Å². The van der Waals surface area contributed by atoms with E-state index in [0.29, 0.717) is 32.7 Å². The van der Waals surface area contributed by atoms with Gasteiger partial charge in [-0.3, -0.25) is 4.79 Å². The molecule has 0 atom stereocenters. The summed E-state index contributed by atoms with van der Waals surface area (Å²) in [5.74, 6) is 0.206. The lowest BCUT2D eigenvalue weighted by atomic mass is 10.1. The third-order valence-electron chi connectivity index (χ3n) is 5.25. The molecule has 8 heteroatoms. The molecule has 1 N–H and O–H groups in total. The van der Waals surface area contributed by atoms with Gasteiger partial charge in [-0.15, -0.1) is 0 Å². The van der Waals surface area contributed by atoms with Crippen molar-refractivity contribution in [2.45, 2.75) is 13.5 Å². The summed E-state index contributed by atoms with van der Waals surface area (Å²) in [6.45, 7) is 2.18. The van der Waals surface area contributed by atoms with Crippen LogP contribution >= 0.6 is 23.2 Å². The summed E-state index contributed by atoms with van der Waals surface area (Å²) < 4.78 is 11.1. The van der Waals surface area contributed by atoms with Crippen LogP contribution in [0, 0.1) is 6.92 Å². The average Bonchev–Trinajstić information content (AvgIpc) is 2.89. The fraction of sp³-hybridized carbons (Fsp3) is 0.0690. The second kappa shape index (κ2) is 12.2. The van der Waals surface area contributed by atoms with Gasteiger partial charge in [-0.05, 0) is 85.3 Å². The molecular formula is C29H22Cl2N2O4. The predicted octanol–water partition coefficient (Wildman–Crippen LogP) is 6.86. The highest BCUT2D eigenvalue weighted by Gasteiger charge is 2.09. The Labute approximate surface area is 224 Å². The molecule has 0 fully saturated rings. The number of hydrazone groups is 1. The van der Waals surface area contributed by atoms with Gasteiger partial charge in [-0.25, -0.2) is 10.2 Å². The van der Waals surface area contributed by atoms with Crippen molar-refractivity contribution in [3.8, 4) is 11.5 Å². The maximum atomic E-state index is 12.4. The van der Waals surface area contributed by atoms with Gasteiger partial charge < -0.3 is 9.47 Å². The molecule has 0 aliphatic heterocycles. The topological polar surface area (TPSA) is 77.0 Å². The van der Waals surface area contributed by atoms with E-state index in [9.17, 15) is 9.59 Å². The van der Waals surface area contributed by atoms with Crippen LogP contribution in [-0.2, 0) is 6.61 Å². The molecule has 0 aliphatic carbocycles. The van der Waals surface area contributed by atoms with Gasteiger partial charge in [-0.1, -0.05) is 47.0 Å². The first-order valence-electron chi connectivity index (χ1n) is 11.3. The van der Waals surface area contributed by atoms with Crippen LogP contribution in [0.1, 0.15) is 37.4 Å². The van der Waals surface area contributed by atoms with Crippen molar-refractivity contribution >= 4 is 41.3 Å². The Kier molecular flexibility index (Phi) is 8.56. The van der Waals surface area contributed by atoms with Crippen LogP contribution < -0.4 is 14.9 Å². The van der Waals surface area contributed by atoms with Crippen molar-refractivity contribution in [2.75, 3.05) is 0 Å². The van der Waals surface area contributed by atoms with E-state index in [0.717, 1.165) is 16.7 Å². The fourth-order valence-corrected chi connectivity index (χ4v) is 3.76. The van der Waals surface area contributed by atoms with E-state index in [2.05, 4.69) is 10.5 Å². The quantitative estimate of drug-likeness (QED) is 0.116. The Morgan fingerprint density at radius 1 is 0.865 bits per heavy atom. The van der Waals surface area contributed by atoms with Gasteiger partial charge in [0.25, 0.3) is 5.91 Å². The molecule has 0 aliphatic rings. The van der Waals surface area contributed by atoms with Gasteiger partial charge in [0.15, 0.2) is 0 Å². The molecular weight excluding hydrogens is 511 g/mol. The number of rotatable bonds is 8. The number of hydrogen-bond acceptors (Lipinski definition) is 5. The lowest BCUT2D eigenvalue weighted by molar-refractivity contribution is 0.0734. The summed E-state index contributed by atoms with van der Waals surface area (Å²) in [5.41, 5.74) is 5.90. The molecule has 0 radical (unpaired) electrons. The minimum atomic E-state index is -0.428. The normalized spacial score (nSPS) is 10.8. The molecule has 0 saturated heterocycles. The van der Waals surface area contributed by atoms with E-state index in [1.165, 1.54) is 6.21 Å². The van der Waals surface area contributed by atoms with Crippen molar-refractivity contribution in [3.05, 3.63) is 129 Å². The van der Waals surface area contributed by atoms with Crippen molar-refractivity contribution in [1.82, 2.24) is 5.43 Å². The maximum absolute atomic E-state index is 12.4. The summed E-state index contributed by atoms with van der Waals surface area (Å²) in [4.78, 5) is 24.6. The summed E-state index contributed by atoms with van der Waals surface area (Å²) in [7, 11) is 0. The van der Waals surface area contributed by atoms with Crippen LogP contribution in [0.2, 0.25) is 10.0 Å². The van der Waals surface area contributed by atoms with Crippen LogP contribution in [0.4, 0.5) is 0 Å². The second-order valence-corrected chi connectivity index (χ2v) is 8.92. The van der Waals surface area contributed by atoms with Gasteiger partial charge in [0.05, 0.1) is 11.8 Å². The molecule has 4 aromatic rings. The van der Waals surface area contributed by atoms with Gasteiger partial charge in [0, 0.05) is 21.2 Å². The predicted molar refractivity (Wildman–Crippen MR) is 145 cm³/mol. The largest absolute Gasteiger partial charge is 0.489 e. The highest BCUT2D eigenvalue weighted by atomic mass is 35.5. The molecule has 0 unspecified atom stereocenters. The highest BCUT2D eigenvalue weighted by molar-refractivity contribution is 6.35. The van der Waals surface area contributed by atoms with E-state index >= 15 is 0 Å². The third kappa shape index (κ3) is 7.43. The van der Waals surface area contributed by atoms with Crippen LogP contribution in [0.3, 0.4) is 0 Å². The number of carbonyl (C=O) groups is 2. The minimum Gasteiger partial charge on any atom is -0.489 e. The van der Waals surface area contributed by atoms with Gasteiger partial charge in [0.1, 0.15) is 18.1 Å². The first kappa shape index (κ1) is 25.9. The van der Waals surface area contributed by atoms with E-state index < -0.39 is 5.97 Å². The Bertz CT molecular complexity index is 1440. The summed E-state index contributed by atoms with van der Waals surface area (Å²) in [6.07, 6.45) is 1.50. The molecule has 6 nitrogen and oxygen atoms in total. The van der Waals surface area contributed by atoms with Gasteiger partial charge in [0.2, 0.25) is 0 Å². The monoisotopic (exact) mass is 532 g/mol. The zero-order valence-corrected chi connectivity index (χ0v) is 21.3. The van der Waals surface area contributed by atoms with E-state index in [4.69, 9.17) is 32.7 Å². The van der Waals surface area contributed by atoms with Crippen LogP contribution in [0.25, 0.3) is 0 Å². The second-order valence-electron chi connectivity index (χ2n) is 8.08. The average molecular weight is 533 g/mol. The lowest BCUT2D eigenvalue weighted by Crippen LogP contribution is -2.17. The Morgan fingerprint density at radius 2 is 1.59 bits per heavy atom. The number of hydrogen-bond donors (Lipinski definition) is 1. The van der Waals surface area contributed by atoms with Crippen molar-refractivity contribution in [3.63, 3.8) is 0 Å². The van der Waals surface area contributed by atoms with Gasteiger partial charge >= 0.3 is 5.97 Å². The maximum Gasteiger partial charge on any atom is 0.343 e. The Balaban J connectivity index is 1.26. The summed E-state index contributed by atoms with van der Waals surface area (Å²) >= 11 is 12.1. The van der Waals surface area contributed by atoms with Crippen LogP contribution in [0.5, 0.6) is 11.5 Å². The van der Waals surface area contributed by atoms with E-state index in [-0.39, 0.29) is 12.5 Å². The molecule has 4 aromatic carbocycles. The van der Waals surface area contributed by atoms with E-state index in [1.54, 1.807) is 84.9 Å². The number of esters is 1. The number of amides is 1. The van der Waals surface area contributed by atoms with Gasteiger partial charge in [-0.2, -0.15) is 5.10 Å². The van der Waals surface area contributed by atoms with E-state index in [1.807, 2.05) is 13.0 Å². The zero-order chi connectivity index (χ0) is 26.2. The number of aryl methyl sites for hydroxylation is 1. The molecule has 186 valence electrons. The summed E-state index contributed by atoms with van der Waals surface area (Å²) in [5, 5.41) is 5.08. The first-order chi connectivity index (χ1) is 17.9. The van der Waals surface area contributed by atoms with Crippen molar-refractivity contribution in [2.24, 2.45) is 5.10 Å². The highest BCUT2D eigenvalue weighted by Crippen LogP contribution is 2.23. The van der Waals surface area contributed by atoms with Crippen molar-refractivity contribution in [1.29, 1.82) is 0 Å². The number of nitrogens with zero attached hydrogens (tertiary/aromatic N) is 1. The number of carbonyl (C=O) groups excluding carboxylic acids is 2. The standard InChI is InChI=1S/C29H22Cl2N2O4/c1-19-3-2-4-22(15-19)29(35)37-26-11-5-20(6-12-26)17-32-33-28(34)21-8-13-25(14-9-21)36-18-23-7-10-24(30)16-27(23)31/h2-17H,18H2,1H3,(H,33,34)/b32-17-. The van der Waals surface area contributed by atoms with Crippen LogP contribution in [-0.4, -0.2) is 18.1 Å².